The first kappa shape index (κ1) is 21.1. The number of rotatable bonds is 5. The quantitative estimate of drug-likeness (QED) is 0.226. The van der Waals surface area contributed by atoms with Crippen molar-refractivity contribution in [1.29, 1.82) is 0 Å². The lowest BCUT2D eigenvalue weighted by atomic mass is 10.0. The minimum Gasteiger partial charge on any atom is -0.352 e. The Balaban J connectivity index is 1.56. The number of alkyl halides is 1. The lowest BCUT2D eigenvalue weighted by molar-refractivity contribution is -0.117. The van der Waals surface area contributed by atoms with E-state index in [0.717, 1.165) is 5.56 Å². The van der Waals surface area contributed by atoms with Gasteiger partial charge in [0.05, 0.1) is 15.7 Å². The fourth-order valence-electron chi connectivity index (χ4n) is 2.99. The number of nitrogens with one attached hydrogen (secondary N) is 3. The highest BCUT2D eigenvalue weighted by Crippen LogP contribution is 2.26. The van der Waals surface area contributed by atoms with Crippen molar-refractivity contribution in [2.24, 2.45) is 5.92 Å². The van der Waals surface area contributed by atoms with Gasteiger partial charge in [-0.2, -0.15) is 0 Å². The molecular formula is C19H19BrFIN4O2. The molecule has 148 valence electrons. The molecule has 2 aromatic rings. The second-order valence-corrected chi connectivity index (χ2v) is 8.75. The fraction of sp³-hybridized carbons (Fsp3) is 0.316. The first-order valence-corrected chi connectivity index (χ1v) is 10.8. The summed E-state index contributed by atoms with van der Waals surface area (Å²) in [6, 6.07) is 9.16. The van der Waals surface area contributed by atoms with Gasteiger partial charge >= 0.3 is 0 Å². The van der Waals surface area contributed by atoms with Crippen molar-refractivity contribution in [2.45, 2.75) is 23.4 Å². The van der Waals surface area contributed by atoms with Gasteiger partial charge in [-0.05, 0) is 53.0 Å². The monoisotopic (exact) mass is 560 g/mol. The summed E-state index contributed by atoms with van der Waals surface area (Å²) in [5.41, 5.74) is 0.887. The number of hydrogen-bond donors (Lipinski definition) is 3. The SMILES string of the molecule is Cc1ccc(Br)nc1NC(=O)[C@@H]1C[C@H](CNC(=O)c2ccccc2F)[C@@H](I)N1. The van der Waals surface area contributed by atoms with E-state index >= 15 is 0 Å². The summed E-state index contributed by atoms with van der Waals surface area (Å²) >= 11 is 5.52. The maximum atomic E-state index is 13.7. The number of amides is 2. The van der Waals surface area contributed by atoms with Crippen molar-refractivity contribution in [1.82, 2.24) is 15.6 Å². The molecule has 0 spiro atoms. The number of aromatic nitrogens is 1. The van der Waals surface area contributed by atoms with Crippen LogP contribution in [-0.4, -0.2) is 33.4 Å². The van der Waals surface area contributed by atoms with E-state index in [0.29, 0.717) is 23.4 Å². The highest BCUT2D eigenvalue weighted by atomic mass is 127. The molecule has 9 heteroatoms. The van der Waals surface area contributed by atoms with E-state index in [1.54, 1.807) is 12.1 Å². The molecule has 28 heavy (non-hydrogen) atoms. The van der Waals surface area contributed by atoms with Crippen LogP contribution in [0.2, 0.25) is 0 Å². The van der Waals surface area contributed by atoms with Gasteiger partial charge in [0.15, 0.2) is 0 Å². The largest absolute Gasteiger partial charge is 0.352 e. The molecule has 0 radical (unpaired) electrons. The van der Waals surface area contributed by atoms with E-state index < -0.39 is 17.8 Å². The normalized spacial score (nSPS) is 21.4. The summed E-state index contributed by atoms with van der Waals surface area (Å²) in [5, 5.41) is 8.86. The van der Waals surface area contributed by atoms with E-state index in [2.05, 4.69) is 59.5 Å². The van der Waals surface area contributed by atoms with Gasteiger partial charge < -0.3 is 10.6 Å². The Morgan fingerprint density at radius 1 is 1.32 bits per heavy atom. The second kappa shape index (κ2) is 9.27. The van der Waals surface area contributed by atoms with Crippen LogP contribution >= 0.6 is 38.5 Å². The average molecular weight is 561 g/mol. The lowest BCUT2D eigenvalue weighted by Crippen LogP contribution is -2.38. The number of carbonyl (C=O) groups is 2. The topological polar surface area (TPSA) is 83.1 Å². The molecule has 1 saturated heterocycles. The number of aryl methyl sites for hydroxylation is 1. The van der Waals surface area contributed by atoms with Crippen molar-refractivity contribution in [3.63, 3.8) is 0 Å². The molecule has 0 aliphatic carbocycles. The minimum atomic E-state index is -0.551. The molecule has 6 nitrogen and oxygen atoms in total. The van der Waals surface area contributed by atoms with Gasteiger partial charge in [-0.3, -0.25) is 14.9 Å². The van der Waals surface area contributed by atoms with Crippen molar-refractivity contribution in [2.75, 3.05) is 11.9 Å². The summed E-state index contributed by atoms with van der Waals surface area (Å²) in [7, 11) is 0. The smallest absolute Gasteiger partial charge is 0.254 e. The first-order chi connectivity index (χ1) is 13.3. The van der Waals surface area contributed by atoms with Crippen molar-refractivity contribution < 1.29 is 14.0 Å². The van der Waals surface area contributed by atoms with Crippen molar-refractivity contribution >= 4 is 56.2 Å². The van der Waals surface area contributed by atoms with Crippen LogP contribution in [0, 0.1) is 18.7 Å². The molecule has 1 aromatic heterocycles. The first-order valence-electron chi connectivity index (χ1n) is 8.72. The Hall–Kier alpha value is -1.59. The number of pyridine rings is 1. The maximum absolute atomic E-state index is 13.7. The van der Waals surface area contributed by atoms with Gasteiger partial charge in [0.1, 0.15) is 16.2 Å². The predicted octanol–water partition coefficient (Wildman–Crippen LogP) is 3.40. The molecule has 1 aliphatic heterocycles. The van der Waals surface area contributed by atoms with Crippen LogP contribution in [0.4, 0.5) is 10.2 Å². The minimum absolute atomic E-state index is 0.00540. The van der Waals surface area contributed by atoms with Crippen LogP contribution < -0.4 is 16.0 Å². The number of carbonyl (C=O) groups excluding carboxylic acids is 2. The third kappa shape index (κ3) is 5.06. The zero-order valence-electron chi connectivity index (χ0n) is 15.0. The molecule has 1 aliphatic rings. The summed E-state index contributed by atoms with van der Waals surface area (Å²) < 4.78 is 14.4. The van der Waals surface area contributed by atoms with Gasteiger partial charge in [-0.1, -0.05) is 40.8 Å². The maximum Gasteiger partial charge on any atom is 0.254 e. The predicted molar refractivity (Wildman–Crippen MR) is 117 cm³/mol. The van der Waals surface area contributed by atoms with Crippen LogP contribution in [0.1, 0.15) is 22.3 Å². The summed E-state index contributed by atoms with van der Waals surface area (Å²) in [5.74, 6) is -0.613. The Morgan fingerprint density at radius 2 is 2.07 bits per heavy atom. The standard InChI is InChI=1S/C19H19BrFIN4O2/c1-10-6-7-15(20)25-17(10)26-19(28)14-8-11(16(22)24-14)9-23-18(27)12-4-2-3-5-13(12)21/h2-7,11,14,16,24H,8-9H2,1H3,(H,23,27)(H,25,26,28)/t11-,14+,16+/m1/s1. The van der Waals surface area contributed by atoms with Gasteiger partial charge in [0.25, 0.3) is 5.91 Å². The highest BCUT2D eigenvalue weighted by Gasteiger charge is 2.36. The van der Waals surface area contributed by atoms with E-state index in [1.165, 1.54) is 12.1 Å². The average Bonchev–Trinajstić information content (AvgIpc) is 3.04. The summed E-state index contributed by atoms with van der Waals surface area (Å²) in [6.45, 7) is 2.23. The molecule has 3 rings (SSSR count). The van der Waals surface area contributed by atoms with Crippen LogP contribution in [0.15, 0.2) is 41.0 Å². The van der Waals surface area contributed by atoms with Crippen molar-refractivity contribution in [3.05, 3.63) is 57.9 Å². The number of halogens is 3. The van der Waals surface area contributed by atoms with Gasteiger partial charge in [0, 0.05) is 12.5 Å². The number of anilines is 1. The third-order valence-corrected chi connectivity index (χ3v) is 6.40. The number of nitrogens with zero attached hydrogens (tertiary/aromatic N) is 1. The van der Waals surface area contributed by atoms with Crippen molar-refractivity contribution in [3.8, 4) is 0 Å². The number of hydrogen-bond acceptors (Lipinski definition) is 4. The lowest BCUT2D eigenvalue weighted by Gasteiger charge is -2.14. The molecule has 2 amide bonds. The van der Waals surface area contributed by atoms with Gasteiger partial charge in [-0.25, -0.2) is 9.37 Å². The molecule has 2 heterocycles. The van der Waals surface area contributed by atoms with Crippen LogP contribution in [0.25, 0.3) is 0 Å². The van der Waals surface area contributed by atoms with Gasteiger partial charge in [-0.15, -0.1) is 0 Å². The third-order valence-electron chi connectivity index (χ3n) is 4.58. The van der Waals surface area contributed by atoms with E-state index in [9.17, 15) is 14.0 Å². The molecule has 1 aromatic carbocycles. The van der Waals surface area contributed by atoms with Crippen LogP contribution in [0.3, 0.4) is 0 Å². The van der Waals surface area contributed by atoms with E-state index in [1.807, 2.05) is 19.1 Å². The summed E-state index contributed by atoms with van der Waals surface area (Å²) in [4.78, 5) is 29.1. The Morgan fingerprint density at radius 3 is 2.82 bits per heavy atom. The Labute approximate surface area is 184 Å². The zero-order valence-corrected chi connectivity index (χ0v) is 18.8. The second-order valence-electron chi connectivity index (χ2n) is 6.60. The molecule has 3 atom stereocenters. The molecule has 0 saturated carbocycles. The molecule has 0 unspecified atom stereocenters. The molecular weight excluding hydrogens is 542 g/mol. The summed E-state index contributed by atoms with van der Waals surface area (Å²) in [6.07, 6.45) is 0.560. The van der Waals surface area contributed by atoms with Gasteiger partial charge in [0.2, 0.25) is 5.91 Å². The van der Waals surface area contributed by atoms with Crippen LogP contribution in [0.5, 0.6) is 0 Å². The molecule has 3 N–H and O–H groups in total. The Bertz CT molecular complexity index is 898. The molecule has 0 bridgehead atoms. The molecule has 1 fully saturated rings. The highest BCUT2D eigenvalue weighted by molar-refractivity contribution is 14.1. The van der Waals surface area contributed by atoms with E-state index in [-0.39, 0.29) is 21.4 Å². The van der Waals surface area contributed by atoms with E-state index in [4.69, 9.17) is 0 Å². The van der Waals surface area contributed by atoms with Crippen LogP contribution in [-0.2, 0) is 4.79 Å². The fourth-order valence-corrected chi connectivity index (χ4v) is 4.28. The Kier molecular flexibility index (Phi) is 7.00. The number of benzene rings is 1. The zero-order chi connectivity index (χ0) is 20.3.